The van der Waals surface area contributed by atoms with Crippen molar-refractivity contribution in [2.24, 2.45) is 4.99 Å². The summed E-state index contributed by atoms with van der Waals surface area (Å²) in [5, 5.41) is 2.13. The average Bonchev–Trinajstić information content (AvgIpc) is 3.44. The number of methoxy groups -OCH3 is 3. The predicted molar refractivity (Wildman–Crippen MR) is 118 cm³/mol. The highest BCUT2D eigenvalue weighted by Gasteiger charge is 2.20. The molecular weight excluding hydrogens is 400 g/mol. The van der Waals surface area contributed by atoms with Crippen molar-refractivity contribution in [2.45, 2.75) is 25.5 Å². The summed E-state index contributed by atoms with van der Waals surface area (Å²) >= 11 is 1.61. The lowest BCUT2D eigenvalue weighted by atomic mass is 10.1. The Kier molecular flexibility index (Phi) is 6.40. The Labute approximate surface area is 180 Å². The first-order valence-corrected chi connectivity index (χ1v) is 10.8. The number of benzene rings is 2. The lowest BCUT2D eigenvalue weighted by Crippen LogP contribution is -2.24. The van der Waals surface area contributed by atoms with Gasteiger partial charge in [0, 0.05) is 23.6 Å². The highest BCUT2D eigenvalue weighted by atomic mass is 32.1. The highest BCUT2D eigenvalue weighted by Crippen LogP contribution is 2.34. The van der Waals surface area contributed by atoms with Crippen molar-refractivity contribution in [1.82, 2.24) is 4.57 Å². The van der Waals surface area contributed by atoms with E-state index in [1.54, 1.807) is 32.7 Å². The van der Waals surface area contributed by atoms with Gasteiger partial charge in [-0.1, -0.05) is 0 Å². The minimum absolute atomic E-state index is 0.192. The van der Waals surface area contributed by atoms with Crippen LogP contribution in [-0.4, -0.2) is 38.6 Å². The van der Waals surface area contributed by atoms with Gasteiger partial charge >= 0.3 is 0 Å². The Hall–Kier alpha value is -2.77. The lowest BCUT2D eigenvalue weighted by Gasteiger charge is -2.16. The molecule has 158 valence electrons. The molecule has 3 aromatic rings. The molecule has 0 N–H and O–H groups in total. The molecule has 0 bridgehead atoms. The molecule has 1 aromatic heterocycles. The molecule has 0 amide bonds. The third-order valence-electron chi connectivity index (χ3n) is 5.19. The molecule has 6 nitrogen and oxygen atoms in total. The number of hydrogen-bond donors (Lipinski definition) is 0. The fourth-order valence-corrected chi connectivity index (χ4v) is 4.51. The molecule has 30 heavy (non-hydrogen) atoms. The van der Waals surface area contributed by atoms with Crippen molar-refractivity contribution in [3.8, 4) is 28.5 Å². The van der Waals surface area contributed by atoms with Crippen LogP contribution < -0.4 is 19.0 Å². The van der Waals surface area contributed by atoms with E-state index in [0.29, 0.717) is 0 Å². The van der Waals surface area contributed by atoms with Gasteiger partial charge in [0.15, 0.2) is 4.80 Å². The summed E-state index contributed by atoms with van der Waals surface area (Å²) in [6, 6.07) is 13.7. The summed E-state index contributed by atoms with van der Waals surface area (Å²) in [7, 11) is 5.00. The summed E-state index contributed by atoms with van der Waals surface area (Å²) < 4.78 is 24.4. The zero-order valence-corrected chi connectivity index (χ0v) is 18.3. The van der Waals surface area contributed by atoms with Crippen LogP contribution in [0.2, 0.25) is 0 Å². The summed E-state index contributed by atoms with van der Waals surface area (Å²) in [5.74, 6) is 2.35. The van der Waals surface area contributed by atoms with Crippen LogP contribution in [0.3, 0.4) is 0 Å². The minimum atomic E-state index is 0.192. The zero-order valence-electron chi connectivity index (χ0n) is 17.5. The second-order valence-corrected chi connectivity index (χ2v) is 7.86. The topological polar surface area (TPSA) is 54.2 Å². The third kappa shape index (κ3) is 4.37. The smallest absolute Gasteiger partial charge is 0.190 e. The first-order valence-electron chi connectivity index (χ1n) is 9.93. The second-order valence-electron chi connectivity index (χ2n) is 7.03. The maximum Gasteiger partial charge on any atom is 0.190 e. The van der Waals surface area contributed by atoms with E-state index in [2.05, 4.69) is 9.95 Å². The number of nitrogens with zero attached hydrogens (tertiary/aromatic N) is 2. The molecule has 0 radical (unpaired) electrons. The molecule has 0 spiro atoms. The van der Waals surface area contributed by atoms with Crippen molar-refractivity contribution in [3.63, 3.8) is 0 Å². The summed E-state index contributed by atoms with van der Waals surface area (Å²) in [4.78, 5) is 5.82. The van der Waals surface area contributed by atoms with Crippen LogP contribution in [0.15, 0.2) is 52.8 Å². The predicted octanol–water partition coefficient (Wildman–Crippen LogP) is 4.65. The number of rotatable bonds is 7. The Bertz CT molecular complexity index is 1050. The Balaban J connectivity index is 1.80. The Morgan fingerprint density at radius 2 is 1.80 bits per heavy atom. The van der Waals surface area contributed by atoms with E-state index in [1.165, 1.54) is 0 Å². The number of hydrogen-bond acceptors (Lipinski definition) is 6. The zero-order chi connectivity index (χ0) is 20.9. The molecular formula is C23H26N2O4S. The third-order valence-corrected chi connectivity index (χ3v) is 6.05. The molecule has 7 heteroatoms. The molecule has 1 fully saturated rings. The number of aromatic nitrogens is 1. The van der Waals surface area contributed by atoms with E-state index >= 15 is 0 Å². The van der Waals surface area contributed by atoms with Gasteiger partial charge in [0.05, 0.1) is 45.4 Å². The van der Waals surface area contributed by atoms with Crippen LogP contribution in [0.4, 0.5) is 5.69 Å². The van der Waals surface area contributed by atoms with E-state index in [9.17, 15) is 0 Å². The summed E-state index contributed by atoms with van der Waals surface area (Å²) in [5.41, 5.74) is 2.94. The fraction of sp³-hybridized carbons (Fsp3) is 0.348. The van der Waals surface area contributed by atoms with Crippen molar-refractivity contribution in [2.75, 3.05) is 27.9 Å². The Morgan fingerprint density at radius 3 is 2.47 bits per heavy atom. The van der Waals surface area contributed by atoms with Crippen LogP contribution in [0.25, 0.3) is 11.3 Å². The summed E-state index contributed by atoms with van der Waals surface area (Å²) in [6.45, 7) is 1.57. The molecule has 1 aliphatic rings. The largest absolute Gasteiger partial charge is 0.497 e. The van der Waals surface area contributed by atoms with E-state index in [4.69, 9.17) is 23.9 Å². The van der Waals surface area contributed by atoms with E-state index in [0.717, 1.165) is 65.0 Å². The van der Waals surface area contributed by atoms with Crippen molar-refractivity contribution in [3.05, 3.63) is 52.6 Å². The van der Waals surface area contributed by atoms with Gasteiger partial charge in [-0.15, -0.1) is 11.3 Å². The molecule has 2 heterocycles. The van der Waals surface area contributed by atoms with Gasteiger partial charge in [0.1, 0.15) is 17.2 Å². The molecule has 1 saturated heterocycles. The van der Waals surface area contributed by atoms with Crippen LogP contribution in [0.5, 0.6) is 17.2 Å². The van der Waals surface area contributed by atoms with Crippen LogP contribution in [0, 0.1) is 0 Å². The second kappa shape index (κ2) is 9.36. The van der Waals surface area contributed by atoms with Gasteiger partial charge in [0.25, 0.3) is 0 Å². The van der Waals surface area contributed by atoms with Crippen LogP contribution >= 0.6 is 11.3 Å². The monoisotopic (exact) mass is 426 g/mol. The maximum atomic E-state index is 5.92. The van der Waals surface area contributed by atoms with Crippen LogP contribution in [-0.2, 0) is 11.3 Å². The SMILES string of the molecule is COc1ccc(N=c2scc(-c3ccc(OC)cc3OC)n2CC2CCCO2)cc1. The normalized spacial score (nSPS) is 16.6. The maximum absolute atomic E-state index is 5.92. The van der Waals surface area contributed by atoms with Gasteiger partial charge in [-0.2, -0.15) is 0 Å². The molecule has 1 unspecified atom stereocenters. The van der Waals surface area contributed by atoms with Crippen molar-refractivity contribution >= 4 is 17.0 Å². The van der Waals surface area contributed by atoms with Gasteiger partial charge in [-0.3, -0.25) is 0 Å². The summed E-state index contributed by atoms with van der Waals surface area (Å²) in [6.07, 6.45) is 2.35. The standard InChI is InChI=1S/C23H26N2O4S/c1-26-17-8-6-16(7-9-17)24-23-25(14-19-5-4-12-29-19)21(15-30-23)20-11-10-18(27-2)13-22(20)28-3/h6-11,13,15,19H,4-5,12,14H2,1-3H3. The molecule has 0 saturated carbocycles. The molecule has 1 aliphatic heterocycles. The fourth-order valence-electron chi connectivity index (χ4n) is 3.58. The lowest BCUT2D eigenvalue weighted by molar-refractivity contribution is 0.0968. The van der Waals surface area contributed by atoms with E-state index in [1.807, 2.05) is 42.5 Å². The quantitative estimate of drug-likeness (QED) is 0.552. The minimum Gasteiger partial charge on any atom is -0.497 e. The van der Waals surface area contributed by atoms with Gasteiger partial charge in [-0.25, -0.2) is 4.99 Å². The van der Waals surface area contributed by atoms with E-state index in [-0.39, 0.29) is 6.10 Å². The van der Waals surface area contributed by atoms with E-state index < -0.39 is 0 Å². The molecule has 0 aliphatic carbocycles. The average molecular weight is 427 g/mol. The van der Waals surface area contributed by atoms with Gasteiger partial charge in [0.2, 0.25) is 0 Å². The molecule has 2 aromatic carbocycles. The first kappa shape index (κ1) is 20.5. The first-order chi connectivity index (χ1) is 14.7. The van der Waals surface area contributed by atoms with Gasteiger partial charge < -0.3 is 23.5 Å². The highest BCUT2D eigenvalue weighted by molar-refractivity contribution is 7.07. The Morgan fingerprint density at radius 1 is 1.03 bits per heavy atom. The van der Waals surface area contributed by atoms with Gasteiger partial charge in [-0.05, 0) is 49.2 Å². The molecule has 4 rings (SSSR count). The van der Waals surface area contributed by atoms with Crippen molar-refractivity contribution < 1.29 is 18.9 Å². The number of thiazole rings is 1. The number of ether oxygens (including phenoxy) is 4. The van der Waals surface area contributed by atoms with Crippen molar-refractivity contribution in [1.29, 1.82) is 0 Å². The van der Waals surface area contributed by atoms with Crippen LogP contribution in [0.1, 0.15) is 12.8 Å². The molecule has 1 atom stereocenters.